The lowest BCUT2D eigenvalue weighted by atomic mass is 10.3. The molecule has 0 radical (unpaired) electrons. The Bertz CT molecular complexity index is 196. The van der Waals surface area contributed by atoms with Gasteiger partial charge in [-0.2, -0.15) is 0 Å². The molecule has 2 unspecified atom stereocenters. The molecule has 0 saturated carbocycles. The van der Waals surface area contributed by atoms with Crippen molar-refractivity contribution in [2.75, 3.05) is 55.4 Å². The quantitative estimate of drug-likeness (QED) is 0.346. The Hall–Kier alpha value is 0.380. The monoisotopic (exact) mass is 320 g/mol. The minimum absolute atomic E-state index is 0. The molecule has 0 rings (SSSR count). The Morgan fingerprint density at radius 3 is 1.21 bits per heavy atom. The van der Waals surface area contributed by atoms with Crippen LogP contribution in [0.3, 0.4) is 0 Å². The van der Waals surface area contributed by atoms with Crippen LogP contribution in [-0.4, -0.2) is 87.1 Å². The highest BCUT2D eigenvalue weighted by Gasteiger charge is 2.18. The minimum atomic E-state index is -0.880. The third kappa shape index (κ3) is 18.4. The van der Waals surface area contributed by atoms with Crippen LogP contribution in [0.2, 0.25) is 0 Å². The molecule has 19 heavy (non-hydrogen) atoms. The van der Waals surface area contributed by atoms with Gasteiger partial charge in [-0.25, -0.2) is 0 Å². The molecule has 0 aliphatic rings. The van der Waals surface area contributed by atoms with E-state index in [-0.39, 0.29) is 24.8 Å². The molecule has 5 nitrogen and oxygen atoms in total. The molecule has 0 bridgehead atoms. The summed E-state index contributed by atoms with van der Waals surface area (Å²) in [6.45, 7) is 1.62. The highest BCUT2D eigenvalue weighted by molar-refractivity contribution is 4.46. The van der Waals surface area contributed by atoms with Crippen molar-refractivity contribution in [3.63, 3.8) is 0 Å². The lowest BCUT2D eigenvalue weighted by molar-refractivity contribution is -0.872. The summed E-state index contributed by atoms with van der Waals surface area (Å²) in [6, 6.07) is 0. The van der Waals surface area contributed by atoms with Gasteiger partial charge in [0, 0.05) is 12.8 Å². The van der Waals surface area contributed by atoms with Gasteiger partial charge in [-0.1, -0.05) is 0 Å². The van der Waals surface area contributed by atoms with E-state index >= 15 is 0 Å². The normalized spacial score (nSPS) is 15.2. The summed E-state index contributed by atoms with van der Waals surface area (Å²) in [5.74, 6) is 0. The first-order chi connectivity index (χ1) is 7.49. The van der Waals surface area contributed by atoms with E-state index < -0.39 is 12.6 Å². The van der Waals surface area contributed by atoms with Gasteiger partial charge in [-0.3, -0.25) is 0 Å². The zero-order valence-electron chi connectivity index (χ0n) is 12.9. The number of halogens is 2. The van der Waals surface area contributed by atoms with E-state index in [9.17, 15) is 10.2 Å². The van der Waals surface area contributed by atoms with Gasteiger partial charge in [-0.15, -0.1) is 0 Å². The molecule has 2 atom stereocenters. The second kappa shape index (κ2) is 10.2. The molecule has 0 heterocycles. The topological polar surface area (TPSA) is 49.7 Å². The highest BCUT2D eigenvalue weighted by Crippen LogP contribution is 2.06. The number of hydrogen-bond donors (Lipinski definition) is 2. The SMILES string of the molecule is C[N+](C)(C)CCC(O)OC(O)CC[N+](C)(C)C.[Cl-].[Cl-]. The third-order valence-electron chi connectivity index (χ3n) is 2.41. The fourth-order valence-electron chi connectivity index (χ4n) is 1.31. The zero-order valence-corrected chi connectivity index (χ0v) is 14.4. The fourth-order valence-corrected chi connectivity index (χ4v) is 1.31. The van der Waals surface area contributed by atoms with Gasteiger partial charge in [-0.05, 0) is 0 Å². The lowest BCUT2D eigenvalue weighted by Crippen LogP contribution is -3.00. The van der Waals surface area contributed by atoms with E-state index in [2.05, 4.69) is 42.3 Å². The van der Waals surface area contributed by atoms with Crippen molar-refractivity contribution in [3.05, 3.63) is 0 Å². The maximum atomic E-state index is 9.62. The Morgan fingerprint density at radius 2 is 1.00 bits per heavy atom. The summed E-state index contributed by atoms with van der Waals surface area (Å²) < 4.78 is 6.68. The molecule has 0 amide bonds. The van der Waals surface area contributed by atoms with E-state index in [0.29, 0.717) is 12.8 Å². The molecular weight excluding hydrogens is 291 g/mol. The van der Waals surface area contributed by atoms with Crippen LogP contribution < -0.4 is 24.8 Å². The molecule has 0 aliphatic heterocycles. The van der Waals surface area contributed by atoms with Crippen molar-refractivity contribution in [3.8, 4) is 0 Å². The van der Waals surface area contributed by atoms with Gasteiger partial charge in [0.25, 0.3) is 0 Å². The van der Waals surface area contributed by atoms with Gasteiger partial charge in [0.05, 0.1) is 55.4 Å². The first-order valence-corrected chi connectivity index (χ1v) is 6.12. The summed E-state index contributed by atoms with van der Waals surface area (Å²) in [5.41, 5.74) is 0. The maximum Gasteiger partial charge on any atom is 0.163 e. The maximum absolute atomic E-state index is 9.62. The Balaban J connectivity index is -0.00000128. The highest BCUT2D eigenvalue weighted by atomic mass is 35.5. The summed E-state index contributed by atoms with van der Waals surface area (Å²) >= 11 is 0. The van der Waals surface area contributed by atoms with Crippen LogP contribution in [0.5, 0.6) is 0 Å². The number of ether oxygens (including phenoxy) is 1. The molecule has 0 aromatic carbocycles. The van der Waals surface area contributed by atoms with Crippen LogP contribution in [0.25, 0.3) is 0 Å². The molecule has 0 aliphatic carbocycles. The third-order valence-corrected chi connectivity index (χ3v) is 2.41. The molecule has 0 aromatic rings. The number of aliphatic hydroxyl groups excluding tert-OH is 2. The molecule has 2 N–H and O–H groups in total. The number of rotatable bonds is 8. The van der Waals surface area contributed by atoms with Crippen molar-refractivity contribution in [1.29, 1.82) is 0 Å². The minimum Gasteiger partial charge on any atom is -1.00 e. The smallest absolute Gasteiger partial charge is 0.163 e. The van der Waals surface area contributed by atoms with Gasteiger partial charge in [0.2, 0.25) is 0 Å². The number of quaternary nitrogens is 2. The van der Waals surface area contributed by atoms with Crippen molar-refractivity contribution in [1.82, 2.24) is 0 Å². The number of hydrogen-bond acceptors (Lipinski definition) is 3. The molecule has 0 saturated heterocycles. The lowest BCUT2D eigenvalue weighted by Gasteiger charge is -2.27. The fraction of sp³-hybridized carbons (Fsp3) is 1.00. The average Bonchev–Trinajstić information content (AvgIpc) is 2.09. The van der Waals surface area contributed by atoms with Crippen LogP contribution in [0, 0.1) is 0 Å². The Labute approximate surface area is 130 Å². The summed E-state index contributed by atoms with van der Waals surface area (Å²) in [7, 11) is 12.3. The molecule has 0 aromatic heterocycles. The van der Waals surface area contributed by atoms with E-state index in [1.807, 2.05) is 0 Å². The van der Waals surface area contributed by atoms with E-state index in [4.69, 9.17) is 4.74 Å². The summed E-state index contributed by atoms with van der Waals surface area (Å²) in [6.07, 6.45) is -0.694. The molecular formula is C12H30Cl2N2O3. The first-order valence-electron chi connectivity index (χ1n) is 6.12. The van der Waals surface area contributed by atoms with Crippen molar-refractivity contribution >= 4 is 0 Å². The second-order valence-corrected chi connectivity index (χ2v) is 6.65. The molecule has 0 fully saturated rings. The standard InChI is InChI=1S/C12H30N2O3.2ClH/c1-13(2,3)9-7-11(15)17-12(16)8-10-14(4,5)6;;/h11-12,15-16H,7-10H2,1-6H3;2*1H/q+2;;/p-2. The summed E-state index contributed by atoms with van der Waals surface area (Å²) in [5, 5.41) is 19.2. The van der Waals surface area contributed by atoms with Crippen molar-refractivity contribution in [2.24, 2.45) is 0 Å². The van der Waals surface area contributed by atoms with E-state index in [0.717, 1.165) is 22.1 Å². The molecule has 120 valence electrons. The van der Waals surface area contributed by atoms with Crippen LogP contribution in [0.4, 0.5) is 0 Å². The van der Waals surface area contributed by atoms with Crippen LogP contribution in [0.15, 0.2) is 0 Å². The predicted molar refractivity (Wildman–Crippen MR) is 68.1 cm³/mol. The van der Waals surface area contributed by atoms with Gasteiger partial charge < -0.3 is 48.7 Å². The predicted octanol–water partition coefficient (Wildman–Crippen LogP) is -6.16. The molecule has 7 heteroatoms. The Morgan fingerprint density at radius 1 is 0.737 bits per heavy atom. The van der Waals surface area contributed by atoms with Crippen molar-refractivity contribution in [2.45, 2.75) is 25.4 Å². The summed E-state index contributed by atoms with van der Waals surface area (Å²) in [4.78, 5) is 0. The molecule has 0 spiro atoms. The van der Waals surface area contributed by atoms with Crippen molar-refractivity contribution < 1.29 is 48.7 Å². The first kappa shape index (κ1) is 24.4. The van der Waals surface area contributed by atoms with Gasteiger partial charge >= 0.3 is 0 Å². The van der Waals surface area contributed by atoms with Crippen LogP contribution in [0.1, 0.15) is 12.8 Å². The van der Waals surface area contributed by atoms with E-state index in [1.165, 1.54) is 0 Å². The number of nitrogens with zero attached hydrogens (tertiary/aromatic N) is 2. The van der Waals surface area contributed by atoms with Gasteiger partial charge in [0.15, 0.2) is 12.6 Å². The number of aliphatic hydroxyl groups is 2. The van der Waals surface area contributed by atoms with Crippen LogP contribution >= 0.6 is 0 Å². The second-order valence-electron chi connectivity index (χ2n) is 6.65. The van der Waals surface area contributed by atoms with Gasteiger partial charge in [0.1, 0.15) is 0 Å². The average molecular weight is 321 g/mol. The largest absolute Gasteiger partial charge is 1.00 e. The Kier molecular flexibility index (Phi) is 13.0. The zero-order chi connectivity index (χ0) is 13.7. The van der Waals surface area contributed by atoms with Crippen LogP contribution in [-0.2, 0) is 4.74 Å². The van der Waals surface area contributed by atoms with E-state index in [1.54, 1.807) is 0 Å².